The first-order valence-electron chi connectivity index (χ1n) is 19.1. The Balaban J connectivity index is 1.31. The second kappa shape index (κ2) is 13.4. The van der Waals surface area contributed by atoms with E-state index in [0.717, 1.165) is 89.4 Å². The van der Waals surface area contributed by atoms with Gasteiger partial charge in [0.05, 0.1) is 50.6 Å². The molecule has 3 nitrogen and oxygen atoms in total. The number of hydrogen-bond acceptors (Lipinski definition) is 1. The number of fused-ring (bicyclic) bond motifs is 6. The van der Waals surface area contributed by atoms with Crippen LogP contribution in [0.3, 0.4) is 0 Å². The lowest BCUT2D eigenvalue weighted by Gasteiger charge is -2.20. The van der Waals surface area contributed by atoms with E-state index in [-0.39, 0.29) is 5.56 Å². The smallest absolute Gasteiger partial charge is 0.307 e. The minimum atomic E-state index is -4.55. The Labute approximate surface area is 333 Å². The Bertz CT molecular complexity index is 3290. The molecular formula is C52H34F3N3. The predicted octanol–water partition coefficient (Wildman–Crippen LogP) is 14.4. The molecule has 0 amide bonds. The molecule has 6 heteroatoms. The topological polar surface area (TPSA) is 33.6 Å². The second-order valence-electron chi connectivity index (χ2n) is 15.0. The molecule has 0 bridgehead atoms. The van der Waals surface area contributed by atoms with Crippen LogP contribution in [-0.4, -0.2) is 9.13 Å². The van der Waals surface area contributed by atoms with E-state index in [0.29, 0.717) is 11.1 Å². The Kier molecular flexibility index (Phi) is 8.10. The highest BCUT2D eigenvalue weighted by Gasteiger charge is 2.31. The molecule has 58 heavy (non-hydrogen) atoms. The summed E-state index contributed by atoms with van der Waals surface area (Å²) in [5.74, 6) is 0. The van der Waals surface area contributed by atoms with E-state index in [1.165, 1.54) is 17.2 Å². The molecule has 2 heterocycles. The first-order chi connectivity index (χ1) is 28.2. The molecule has 0 saturated carbocycles. The van der Waals surface area contributed by atoms with Gasteiger partial charge in [0.15, 0.2) is 0 Å². The Morgan fingerprint density at radius 2 is 0.897 bits per heavy atom. The highest BCUT2D eigenvalue weighted by Crippen LogP contribution is 2.43. The van der Waals surface area contributed by atoms with Gasteiger partial charge in [0.1, 0.15) is 0 Å². The van der Waals surface area contributed by atoms with Crippen LogP contribution in [0.2, 0.25) is 0 Å². The number of halogens is 3. The summed E-state index contributed by atoms with van der Waals surface area (Å²) in [6.45, 7) is 4.15. The van der Waals surface area contributed by atoms with Gasteiger partial charge < -0.3 is 9.13 Å². The largest absolute Gasteiger partial charge is 0.416 e. The minimum absolute atomic E-state index is 0.266. The van der Waals surface area contributed by atoms with Crippen molar-refractivity contribution in [1.82, 2.24) is 9.13 Å². The first kappa shape index (κ1) is 35.1. The van der Waals surface area contributed by atoms with Gasteiger partial charge in [-0.15, -0.1) is 0 Å². The maximum atomic E-state index is 14.1. The molecule has 278 valence electrons. The standard InChI is InChI=1S/C52H34F3N3/c1-32-14-18-34(19-15-32)36-22-24-48-44(27-36)41-10-3-5-12-46(41)57(48)50-29-39(31-56)43(38-8-7-9-40(26-38)52(53,54)55)30-51(50)58-47-13-6-4-11-42(47)45-28-37(23-25-49(45)58)35-20-16-33(2)17-21-35/h3-30H,1-2H3. The van der Waals surface area contributed by atoms with Gasteiger partial charge in [-0.05, 0) is 102 Å². The fourth-order valence-electron chi connectivity index (χ4n) is 8.45. The number of rotatable bonds is 5. The minimum Gasteiger partial charge on any atom is -0.307 e. The Morgan fingerprint density at radius 3 is 1.40 bits per heavy atom. The molecule has 2 aromatic heterocycles. The Morgan fingerprint density at radius 1 is 0.431 bits per heavy atom. The van der Waals surface area contributed by atoms with Gasteiger partial charge in [-0.3, -0.25) is 0 Å². The molecule has 8 aromatic carbocycles. The number of benzene rings is 8. The highest BCUT2D eigenvalue weighted by atomic mass is 19.4. The summed E-state index contributed by atoms with van der Waals surface area (Å²) in [6, 6.07) is 57.6. The number of nitriles is 1. The normalized spacial score (nSPS) is 11.9. The summed E-state index contributed by atoms with van der Waals surface area (Å²) < 4.78 is 46.7. The third-order valence-corrected chi connectivity index (χ3v) is 11.3. The average Bonchev–Trinajstić information content (AvgIpc) is 3.75. The van der Waals surface area contributed by atoms with E-state index in [1.807, 2.05) is 36.4 Å². The van der Waals surface area contributed by atoms with Crippen LogP contribution < -0.4 is 0 Å². The molecule has 10 rings (SSSR count). The average molecular weight is 758 g/mol. The van der Waals surface area contributed by atoms with Gasteiger partial charge in [-0.25, -0.2) is 0 Å². The summed E-state index contributed by atoms with van der Waals surface area (Å²) in [4.78, 5) is 0. The molecular weight excluding hydrogens is 724 g/mol. The van der Waals surface area contributed by atoms with Crippen LogP contribution in [0.5, 0.6) is 0 Å². The van der Waals surface area contributed by atoms with Crippen molar-refractivity contribution in [3.8, 4) is 50.8 Å². The number of nitrogens with zero attached hydrogens (tertiary/aromatic N) is 3. The number of aromatic nitrogens is 2. The highest BCUT2D eigenvalue weighted by molar-refractivity contribution is 6.13. The maximum absolute atomic E-state index is 14.1. The number of para-hydroxylation sites is 2. The van der Waals surface area contributed by atoms with Gasteiger partial charge in [-0.1, -0.05) is 120 Å². The van der Waals surface area contributed by atoms with Gasteiger partial charge in [0.25, 0.3) is 0 Å². The molecule has 10 aromatic rings. The predicted molar refractivity (Wildman–Crippen MR) is 231 cm³/mol. The fraction of sp³-hybridized carbons (Fsp3) is 0.0577. The number of hydrogen-bond donors (Lipinski definition) is 0. The van der Waals surface area contributed by atoms with E-state index < -0.39 is 11.7 Å². The maximum Gasteiger partial charge on any atom is 0.416 e. The second-order valence-corrected chi connectivity index (χ2v) is 15.0. The summed E-state index contributed by atoms with van der Waals surface area (Å²) in [5, 5.41) is 14.9. The fourth-order valence-corrected chi connectivity index (χ4v) is 8.45. The van der Waals surface area contributed by atoms with Crippen LogP contribution in [0.15, 0.2) is 170 Å². The molecule has 0 spiro atoms. The van der Waals surface area contributed by atoms with Crippen molar-refractivity contribution in [2.45, 2.75) is 20.0 Å². The molecule has 0 aliphatic carbocycles. The van der Waals surface area contributed by atoms with E-state index in [2.05, 4.69) is 138 Å². The molecule has 0 N–H and O–H groups in total. The van der Waals surface area contributed by atoms with Crippen molar-refractivity contribution < 1.29 is 13.2 Å². The molecule has 0 radical (unpaired) electrons. The number of alkyl halides is 3. The zero-order chi connectivity index (χ0) is 39.7. The summed E-state index contributed by atoms with van der Waals surface area (Å²) in [7, 11) is 0. The summed E-state index contributed by atoms with van der Waals surface area (Å²) in [6.07, 6.45) is -4.55. The zero-order valence-electron chi connectivity index (χ0n) is 31.6. The van der Waals surface area contributed by atoms with Crippen LogP contribution >= 0.6 is 0 Å². The van der Waals surface area contributed by atoms with E-state index in [4.69, 9.17) is 0 Å². The monoisotopic (exact) mass is 757 g/mol. The lowest BCUT2D eigenvalue weighted by Crippen LogP contribution is -2.06. The van der Waals surface area contributed by atoms with Crippen molar-refractivity contribution in [3.05, 3.63) is 192 Å². The first-order valence-corrected chi connectivity index (χ1v) is 19.1. The van der Waals surface area contributed by atoms with Gasteiger partial charge in [0.2, 0.25) is 0 Å². The molecule has 0 aliphatic heterocycles. The quantitative estimate of drug-likeness (QED) is 0.172. The summed E-state index contributed by atoms with van der Waals surface area (Å²) in [5.41, 5.74) is 12.2. The molecule has 0 unspecified atom stereocenters. The van der Waals surface area contributed by atoms with Crippen LogP contribution in [-0.2, 0) is 6.18 Å². The van der Waals surface area contributed by atoms with Crippen molar-refractivity contribution in [2.75, 3.05) is 0 Å². The van der Waals surface area contributed by atoms with Crippen molar-refractivity contribution in [2.24, 2.45) is 0 Å². The van der Waals surface area contributed by atoms with Gasteiger partial charge >= 0.3 is 6.18 Å². The van der Waals surface area contributed by atoms with Crippen molar-refractivity contribution >= 4 is 43.6 Å². The van der Waals surface area contributed by atoms with Crippen molar-refractivity contribution in [1.29, 1.82) is 5.26 Å². The SMILES string of the molecule is Cc1ccc(-c2ccc3c(c2)c2ccccc2n3-c2cc(C#N)c(-c3cccc(C(F)(F)F)c3)cc2-n2c3ccccc3c3cc(-c4ccc(C)cc4)ccc32)cc1. The van der Waals surface area contributed by atoms with Crippen LogP contribution in [0.25, 0.3) is 88.4 Å². The Hall–Kier alpha value is -7.36. The van der Waals surface area contributed by atoms with Crippen LogP contribution in [0.1, 0.15) is 22.3 Å². The zero-order valence-corrected chi connectivity index (χ0v) is 31.6. The van der Waals surface area contributed by atoms with Crippen molar-refractivity contribution in [3.63, 3.8) is 0 Å². The molecule has 0 saturated heterocycles. The lowest BCUT2D eigenvalue weighted by atomic mass is 9.96. The van der Waals surface area contributed by atoms with E-state index >= 15 is 0 Å². The van der Waals surface area contributed by atoms with Gasteiger partial charge in [-0.2, -0.15) is 18.4 Å². The molecule has 0 aliphatic rings. The van der Waals surface area contributed by atoms with Gasteiger partial charge in [0, 0.05) is 27.1 Å². The number of aryl methyl sites for hydroxylation is 2. The molecule has 0 atom stereocenters. The lowest BCUT2D eigenvalue weighted by molar-refractivity contribution is -0.137. The summed E-state index contributed by atoms with van der Waals surface area (Å²) >= 11 is 0. The van der Waals surface area contributed by atoms with E-state index in [1.54, 1.807) is 6.07 Å². The third-order valence-electron chi connectivity index (χ3n) is 11.3. The molecule has 0 fully saturated rings. The van der Waals surface area contributed by atoms with Crippen LogP contribution in [0, 0.1) is 25.2 Å². The third kappa shape index (κ3) is 5.74. The van der Waals surface area contributed by atoms with E-state index in [9.17, 15) is 18.4 Å². The van der Waals surface area contributed by atoms with Crippen LogP contribution in [0.4, 0.5) is 13.2 Å².